The monoisotopic (exact) mass is 291 g/mol. The predicted octanol–water partition coefficient (Wildman–Crippen LogP) is 2.11. The lowest BCUT2D eigenvalue weighted by atomic mass is 9.96. The number of methoxy groups -OCH3 is 1. The summed E-state index contributed by atoms with van der Waals surface area (Å²) in [6.45, 7) is 4.36. The fourth-order valence-corrected chi connectivity index (χ4v) is 3.22. The summed E-state index contributed by atoms with van der Waals surface area (Å²) in [5.41, 5.74) is 7.71. The van der Waals surface area contributed by atoms with Crippen LogP contribution >= 0.6 is 0 Å². The number of hydrogen-bond acceptors (Lipinski definition) is 4. The second kappa shape index (κ2) is 7.25. The van der Waals surface area contributed by atoms with Crippen molar-refractivity contribution in [2.75, 3.05) is 34.3 Å². The number of nitrogens with two attached hydrogens (primary N) is 1. The van der Waals surface area contributed by atoms with Crippen molar-refractivity contribution in [3.63, 3.8) is 0 Å². The second-order valence-corrected chi connectivity index (χ2v) is 6.19. The van der Waals surface area contributed by atoms with Crippen molar-refractivity contribution < 1.29 is 4.74 Å². The summed E-state index contributed by atoms with van der Waals surface area (Å²) in [7, 11) is 6.04. The molecule has 1 aromatic carbocycles. The Morgan fingerprint density at radius 3 is 2.76 bits per heavy atom. The van der Waals surface area contributed by atoms with Gasteiger partial charge in [-0.3, -0.25) is 4.90 Å². The van der Waals surface area contributed by atoms with Crippen LogP contribution in [-0.2, 0) is 0 Å². The van der Waals surface area contributed by atoms with Crippen molar-refractivity contribution in [2.24, 2.45) is 5.73 Å². The molecule has 4 heteroatoms. The van der Waals surface area contributed by atoms with Gasteiger partial charge in [-0.1, -0.05) is 19.1 Å². The molecule has 0 aliphatic carbocycles. The van der Waals surface area contributed by atoms with Crippen LogP contribution < -0.4 is 10.5 Å². The second-order valence-electron chi connectivity index (χ2n) is 6.19. The standard InChI is InChI=1S/C17H29N3O/c1-5-16(18)17(13-7-6-8-15(11-13)21-4)20-10-9-14(12-20)19(2)3/h6-8,11,14,16-17H,5,9-10,12,18H2,1-4H3. The van der Waals surface area contributed by atoms with Crippen molar-refractivity contribution in [3.8, 4) is 5.75 Å². The smallest absolute Gasteiger partial charge is 0.119 e. The summed E-state index contributed by atoms with van der Waals surface area (Å²) < 4.78 is 5.37. The molecule has 118 valence electrons. The van der Waals surface area contributed by atoms with Gasteiger partial charge >= 0.3 is 0 Å². The summed E-state index contributed by atoms with van der Waals surface area (Å²) in [5, 5.41) is 0. The minimum atomic E-state index is 0.151. The van der Waals surface area contributed by atoms with Gasteiger partial charge in [-0.2, -0.15) is 0 Å². The number of rotatable bonds is 6. The van der Waals surface area contributed by atoms with E-state index in [9.17, 15) is 0 Å². The van der Waals surface area contributed by atoms with Gasteiger partial charge in [-0.15, -0.1) is 0 Å². The van der Waals surface area contributed by atoms with Crippen molar-refractivity contribution in [3.05, 3.63) is 29.8 Å². The number of likely N-dealkylation sites (tertiary alicyclic amines) is 1. The van der Waals surface area contributed by atoms with Gasteiger partial charge in [0.1, 0.15) is 5.75 Å². The van der Waals surface area contributed by atoms with E-state index in [2.05, 4.69) is 49.0 Å². The Hall–Kier alpha value is -1.10. The first kappa shape index (κ1) is 16.3. The molecule has 4 nitrogen and oxygen atoms in total. The van der Waals surface area contributed by atoms with Crippen LogP contribution in [0.4, 0.5) is 0 Å². The average Bonchev–Trinajstić information content (AvgIpc) is 2.97. The van der Waals surface area contributed by atoms with Crippen molar-refractivity contribution in [1.29, 1.82) is 0 Å². The van der Waals surface area contributed by atoms with Gasteiger partial charge in [-0.25, -0.2) is 0 Å². The third kappa shape index (κ3) is 3.76. The first-order chi connectivity index (χ1) is 10.1. The quantitative estimate of drug-likeness (QED) is 0.871. The largest absolute Gasteiger partial charge is 0.497 e. The minimum absolute atomic E-state index is 0.151. The minimum Gasteiger partial charge on any atom is -0.497 e. The van der Waals surface area contributed by atoms with Crippen molar-refractivity contribution in [2.45, 2.75) is 37.9 Å². The lowest BCUT2D eigenvalue weighted by Gasteiger charge is -2.33. The molecule has 0 radical (unpaired) electrons. The molecular formula is C17H29N3O. The van der Waals surface area contributed by atoms with E-state index in [0.29, 0.717) is 6.04 Å². The number of ether oxygens (including phenoxy) is 1. The molecule has 1 fully saturated rings. The normalized spacial score (nSPS) is 22.5. The molecule has 1 saturated heterocycles. The summed E-state index contributed by atoms with van der Waals surface area (Å²) in [6.07, 6.45) is 2.19. The molecule has 1 aliphatic heterocycles. The molecular weight excluding hydrogens is 262 g/mol. The maximum Gasteiger partial charge on any atom is 0.119 e. The molecule has 2 N–H and O–H groups in total. The van der Waals surface area contributed by atoms with Crippen molar-refractivity contribution in [1.82, 2.24) is 9.80 Å². The van der Waals surface area contributed by atoms with Crippen LogP contribution in [-0.4, -0.2) is 56.2 Å². The Labute approximate surface area is 128 Å². The molecule has 0 spiro atoms. The van der Waals surface area contributed by atoms with Gasteiger partial charge in [0.25, 0.3) is 0 Å². The average molecular weight is 291 g/mol. The molecule has 0 aromatic heterocycles. The van der Waals surface area contributed by atoms with Gasteiger partial charge in [0.2, 0.25) is 0 Å². The van der Waals surface area contributed by atoms with E-state index in [1.807, 2.05) is 6.07 Å². The van der Waals surface area contributed by atoms with Crippen LogP contribution in [0.5, 0.6) is 5.75 Å². The van der Waals surface area contributed by atoms with Crippen LogP contribution in [0.3, 0.4) is 0 Å². The van der Waals surface area contributed by atoms with Crippen LogP contribution in [0.25, 0.3) is 0 Å². The fraction of sp³-hybridized carbons (Fsp3) is 0.647. The van der Waals surface area contributed by atoms with E-state index in [1.165, 1.54) is 12.0 Å². The van der Waals surface area contributed by atoms with E-state index in [1.54, 1.807) is 7.11 Å². The highest BCUT2D eigenvalue weighted by atomic mass is 16.5. The first-order valence-electron chi connectivity index (χ1n) is 7.86. The summed E-state index contributed by atoms with van der Waals surface area (Å²) >= 11 is 0. The summed E-state index contributed by atoms with van der Waals surface area (Å²) in [6, 6.07) is 9.40. The predicted molar refractivity (Wildman–Crippen MR) is 87.7 cm³/mol. The van der Waals surface area contributed by atoms with E-state index in [4.69, 9.17) is 10.5 Å². The zero-order valence-electron chi connectivity index (χ0n) is 13.7. The highest BCUT2D eigenvalue weighted by Crippen LogP contribution is 2.31. The Morgan fingerprint density at radius 2 is 2.19 bits per heavy atom. The van der Waals surface area contributed by atoms with Gasteiger partial charge < -0.3 is 15.4 Å². The SMILES string of the molecule is CCC(N)C(c1cccc(OC)c1)N1CCC(N(C)C)C1. The molecule has 1 aromatic rings. The fourth-order valence-electron chi connectivity index (χ4n) is 3.22. The molecule has 1 heterocycles. The van der Waals surface area contributed by atoms with Crippen LogP contribution in [0.15, 0.2) is 24.3 Å². The molecule has 1 aliphatic rings. The maximum atomic E-state index is 6.45. The maximum absolute atomic E-state index is 6.45. The first-order valence-corrected chi connectivity index (χ1v) is 7.86. The number of likely N-dealkylation sites (N-methyl/N-ethyl adjacent to an activating group) is 1. The topological polar surface area (TPSA) is 41.7 Å². The molecule has 2 rings (SSSR count). The van der Waals surface area contributed by atoms with Gasteiger partial charge in [0, 0.05) is 25.2 Å². The Bertz CT molecular complexity index is 449. The van der Waals surface area contributed by atoms with E-state index >= 15 is 0 Å². The number of hydrogen-bond donors (Lipinski definition) is 1. The summed E-state index contributed by atoms with van der Waals surface area (Å²) in [4.78, 5) is 4.85. The lowest BCUT2D eigenvalue weighted by Crippen LogP contribution is -2.41. The molecule has 0 saturated carbocycles. The number of nitrogens with zero attached hydrogens (tertiary/aromatic N) is 2. The van der Waals surface area contributed by atoms with E-state index in [0.717, 1.165) is 25.3 Å². The van der Waals surface area contributed by atoms with Crippen LogP contribution in [0, 0.1) is 0 Å². The molecule has 0 amide bonds. The highest BCUT2D eigenvalue weighted by molar-refractivity contribution is 5.31. The Kier molecular flexibility index (Phi) is 5.62. The highest BCUT2D eigenvalue weighted by Gasteiger charge is 2.33. The van der Waals surface area contributed by atoms with Gasteiger partial charge in [-0.05, 0) is 44.6 Å². The molecule has 3 unspecified atom stereocenters. The third-order valence-corrected chi connectivity index (χ3v) is 4.63. The summed E-state index contributed by atoms with van der Waals surface area (Å²) in [5.74, 6) is 0.907. The zero-order valence-corrected chi connectivity index (χ0v) is 13.7. The molecule has 0 bridgehead atoms. The van der Waals surface area contributed by atoms with E-state index < -0.39 is 0 Å². The van der Waals surface area contributed by atoms with Gasteiger partial charge in [0.05, 0.1) is 13.2 Å². The van der Waals surface area contributed by atoms with E-state index in [-0.39, 0.29) is 12.1 Å². The molecule has 3 atom stereocenters. The Balaban J connectivity index is 2.22. The third-order valence-electron chi connectivity index (χ3n) is 4.63. The van der Waals surface area contributed by atoms with Crippen LogP contribution in [0.1, 0.15) is 31.4 Å². The Morgan fingerprint density at radius 1 is 1.43 bits per heavy atom. The zero-order chi connectivity index (χ0) is 15.4. The van der Waals surface area contributed by atoms with Crippen LogP contribution in [0.2, 0.25) is 0 Å². The number of benzene rings is 1. The van der Waals surface area contributed by atoms with Gasteiger partial charge in [0.15, 0.2) is 0 Å². The van der Waals surface area contributed by atoms with Crippen molar-refractivity contribution >= 4 is 0 Å². The molecule has 21 heavy (non-hydrogen) atoms. The lowest BCUT2D eigenvalue weighted by molar-refractivity contribution is 0.189.